The van der Waals surface area contributed by atoms with Crippen molar-refractivity contribution in [1.29, 1.82) is 0 Å². The minimum Gasteiger partial charge on any atom is -0.394 e. The molecule has 3 aliphatic rings. The standard InChI is InChI=1S/C68H123NO18/c1-3-5-7-9-11-13-15-17-19-21-23-25-27-29-31-33-35-37-39-41-43-45-52(73)51(69-56(74)46-44-42-40-38-36-34-32-30-28-26-24-22-20-18-16-14-12-10-8-6-4-2)50-82-66-62(80)59(77)64(54(48-71)84-66)87-68-63(81)60(78)65(55(49-72)85-68)86-67-61(79)58(76)57(75)53(47-70)83-67/h16,18,22,24,28,30,43,45,51-55,57-68,70-73,75-81H,3-15,17,19-21,23,25-27,29,31-42,44,46-50H2,1-2H3,(H,69,74)/b18-16-,24-22-,30-28-,45-43+. The number of nitrogens with one attached hydrogen (secondary N) is 1. The topological polar surface area (TPSA) is 307 Å². The predicted molar refractivity (Wildman–Crippen MR) is 337 cm³/mol. The highest BCUT2D eigenvalue weighted by Crippen LogP contribution is 2.33. The van der Waals surface area contributed by atoms with Crippen LogP contribution in [0.25, 0.3) is 0 Å². The first-order chi connectivity index (χ1) is 42.3. The van der Waals surface area contributed by atoms with Crippen molar-refractivity contribution in [3.8, 4) is 0 Å². The Morgan fingerprint density at radius 3 is 1.18 bits per heavy atom. The van der Waals surface area contributed by atoms with Crippen LogP contribution in [-0.4, -0.2) is 193 Å². The van der Waals surface area contributed by atoms with Gasteiger partial charge in [-0.15, -0.1) is 0 Å². The molecule has 3 heterocycles. The van der Waals surface area contributed by atoms with E-state index in [2.05, 4.69) is 55.6 Å². The first kappa shape index (κ1) is 79.0. The number of rotatable bonds is 52. The summed E-state index contributed by atoms with van der Waals surface area (Å²) in [7, 11) is 0. The Hall–Kier alpha value is -2.25. The van der Waals surface area contributed by atoms with Gasteiger partial charge in [0.15, 0.2) is 18.9 Å². The maximum Gasteiger partial charge on any atom is 0.220 e. The lowest BCUT2D eigenvalue weighted by atomic mass is 9.96. The van der Waals surface area contributed by atoms with Crippen LogP contribution in [0.4, 0.5) is 0 Å². The Morgan fingerprint density at radius 2 is 0.759 bits per heavy atom. The molecule has 0 bridgehead atoms. The largest absolute Gasteiger partial charge is 0.394 e. The monoisotopic (exact) mass is 1240 g/mol. The molecule has 3 fully saturated rings. The number of aliphatic hydroxyl groups excluding tert-OH is 11. The summed E-state index contributed by atoms with van der Waals surface area (Å²) in [5.74, 6) is -0.287. The van der Waals surface area contributed by atoms with E-state index in [4.69, 9.17) is 28.4 Å². The quantitative estimate of drug-likeness (QED) is 0.0200. The SMILES string of the molecule is CCCCCCC/C=C\C/C=C\C/C=C\CCCCCCCCC(=O)NC(COC1OC(CO)C(OC2OC(CO)C(OC3OC(CO)C(O)C(O)C3O)C(O)C2O)C(O)C1O)C(O)/C=C/CCCCCCCCCCCCCCCCCCCCC. The van der Waals surface area contributed by atoms with Crippen LogP contribution in [-0.2, 0) is 33.2 Å². The Kier molecular flexibility index (Phi) is 45.7. The number of unbranched alkanes of at least 4 members (excludes halogenated alkanes) is 30. The van der Waals surface area contributed by atoms with E-state index in [-0.39, 0.29) is 18.9 Å². The van der Waals surface area contributed by atoms with Crippen molar-refractivity contribution in [1.82, 2.24) is 5.32 Å². The average Bonchev–Trinajstić information content (AvgIpc) is 2.40. The number of allylic oxidation sites excluding steroid dienone is 7. The van der Waals surface area contributed by atoms with Gasteiger partial charge in [-0.1, -0.05) is 229 Å². The van der Waals surface area contributed by atoms with Gasteiger partial charge in [-0.2, -0.15) is 0 Å². The van der Waals surface area contributed by atoms with Gasteiger partial charge >= 0.3 is 0 Å². The van der Waals surface area contributed by atoms with Gasteiger partial charge < -0.3 is 89.9 Å². The molecular weight excluding hydrogens is 1120 g/mol. The summed E-state index contributed by atoms with van der Waals surface area (Å²) >= 11 is 0. The second kappa shape index (κ2) is 50.3. The lowest BCUT2D eigenvalue weighted by Crippen LogP contribution is -2.66. The maximum atomic E-state index is 13.4. The number of hydrogen-bond acceptors (Lipinski definition) is 18. The molecule has 17 unspecified atom stereocenters. The van der Waals surface area contributed by atoms with Crippen molar-refractivity contribution in [3.63, 3.8) is 0 Å². The van der Waals surface area contributed by atoms with Crippen molar-refractivity contribution in [2.45, 2.75) is 349 Å². The lowest BCUT2D eigenvalue weighted by molar-refractivity contribution is -0.379. The van der Waals surface area contributed by atoms with E-state index in [0.29, 0.717) is 6.42 Å². The van der Waals surface area contributed by atoms with Gasteiger partial charge in [0, 0.05) is 6.42 Å². The first-order valence-corrected chi connectivity index (χ1v) is 34.4. The number of ether oxygens (including phenoxy) is 6. The number of carbonyl (C=O) groups excluding carboxylic acids is 1. The zero-order valence-electron chi connectivity index (χ0n) is 53.5. The van der Waals surface area contributed by atoms with Crippen LogP contribution >= 0.6 is 0 Å². The van der Waals surface area contributed by atoms with E-state index >= 15 is 0 Å². The molecule has 12 N–H and O–H groups in total. The zero-order chi connectivity index (χ0) is 63.3. The van der Waals surface area contributed by atoms with Gasteiger partial charge in [0.05, 0.1) is 38.6 Å². The van der Waals surface area contributed by atoms with Gasteiger partial charge in [-0.25, -0.2) is 0 Å². The van der Waals surface area contributed by atoms with E-state index < -0.39 is 124 Å². The number of carbonyl (C=O) groups is 1. The minimum atomic E-state index is -1.98. The Morgan fingerprint density at radius 1 is 0.414 bits per heavy atom. The summed E-state index contributed by atoms with van der Waals surface area (Å²) in [6.45, 7) is 1.72. The molecule has 0 aliphatic carbocycles. The van der Waals surface area contributed by atoms with E-state index in [9.17, 15) is 61.0 Å². The Labute approximate surface area is 523 Å². The Bertz CT molecular complexity index is 1770. The molecule has 0 saturated carbocycles. The molecule has 87 heavy (non-hydrogen) atoms. The minimum absolute atomic E-state index is 0.228. The van der Waals surface area contributed by atoms with Gasteiger partial charge in [0.2, 0.25) is 5.91 Å². The van der Waals surface area contributed by atoms with Crippen molar-refractivity contribution in [3.05, 3.63) is 48.6 Å². The molecule has 3 aliphatic heterocycles. The number of hydrogen-bond donors (Lipinski definition) is 12. The fraction of sp³-hybridized carbons (Fsp3) is 0.868. The van der Waals surface area contributed by atoms with E-state index in [1.807, 2.05) is 6.08 Å². The normalized spacial score (nSPS) is 28.9. The molecule has 17 atom stereocenters. The summed E-state index contributed by atoms with van der Waals surface area (Å²) in [4.78, 5) is 13.4. The van der Waals surface area contributed by atoms with Gasteiger partial charge in [-0.05, 0) is 57.8 Å². The van der Waals surface area contributed by atoms with Crippen LogP contribution < -0.4 is 5.32 Å². The number of aliphatic hydroxyl groups is 11. The summed E-state index contributed by atoms with van der Waals surface area (Å²) in [6, 6.07) is -0.982. The highest BCUT2D eigenvalue weighted by Gasteiger charge is 2.53. The molecule has 19 nitrogen and oxygen atoms in total. The summed E-state index contributed by atoms with van der Waals surface area (Å²) in [6.07, 6.45) is 32.2. The lowest BCUT2D eigenvalue weighted by Gasteiger charge is -2.48. The first-order valence-electron chi connectivity index (χ1n) is 34.4. The molecule has 19 heteroatoms. The van der Waals surface area contributed by atoms with Crippen molar-refractivity contribution in [2.75, 3.05) is 26.4 Å². The third-order valence-electron chi connectivity index (χ3n) is 17.1. The van der Waals surface area contributed by atoms with E-state index in [1.54, 1.807) is 6.08 Å². The van der Waals surface area contributed by atoms with E-state index in [0.717, 1.165) is 77.0 Å². The molecule has 0 aromatic rings. The molecule has 0 radical (unpaired) electrons. The third kappa shape index (κ3) is 32.7. The molecule has 3 rings (SSSR count). The molecule has 1 amide bonds. The summed E-state index contributed by atoms with van der Waals surface area (Å²) in [5, 5.41) is 120. The second-order valence-corrected chi connectivity index (χ2v) is 24.6. The highest BCUT2D eigenvalue weighted by atomic mass is 16.8. The fourth-order valence-corrected chi connectivity index (χ4v) is 11.5. The van der Waals surface area contributed by atoms with Gasteiger partial charge in [0.25, 0.3) is 0 Å². The zero-order valence-corrected chi connectivity index (χ0v) is 53.5. The fourth-order valence-electron chi connectivity index (χ4n) is 11.5. The summed E-state index contributed by atoms with van der Waals surface area (Å²) < 4.78 is 34.3. The van der Waals surface area contributed by atoms with Crippen LogP contribution in [0.1, 0.15) is 245 Å². The molecule has 3 saturated heterocycles. The van der Waals surface area contributed by atoms with Crippen molar-refractivity contribution < 1.29 is 89.4 Å². The van der Waals surface area contributed by atoms with E-state index in [1.165, 1.54) is 141 Å². The smallest absolute Gasteiger partial charge is 0.220 e. The molecule has 508 valence electrons. The molecule has 0 aromatic carbocycles. The van der Waals surface area contributed by atoms with Crippen LogP contribution in [0.5, 0.6) is 0 Å². The highest BCUT2D eigenvalue weighted by molar-refractivity contribution is 5.76. The van der Waals surface area contributed by atoms with Crippen LogP contribution in [0.15, 0.2) is 48.6 Å². The van der Waals surface area contributed by atoms with Crippen LogP contribution in [0.2, 0.25) is 0 Å². The number of amides is 1. The molecular formula is C68H123NO18. The van der Waals surface area contributed by atoms with Gasteiger partial charge in [-0.3, -0.25) is 4.79 Å². The predicted octanol–water partition coefficient (Wildman–Crippen LogP) is 8.61. The third-order valence-corrected chi connectivity index (χ3v) is 17.1. The van der Waals surface area contributed by atoms with Gasteiger partial charge in [0.1, 0.15) is 73.2 Å². The van der Waals surface area contributed by atoms with Crippen molar-refractivity contribution in [2.24, 2.45) is 0 Å². The average molecular weight is 1240 g/mol. The van der Waals surface area contributed by atoms with Crippen LogP contribution in [0.3, 0.4) is 0 Å². The molecule has 0 aromatic heterocycles. The van der Waals surface area contributed by atoms with Crippen molar-refractivity contribution >= 4 is 5.91 Å². The maximum absolute atomic E-state index is 13.4. The Balaban J connectivity index is 1.46. The second-order valence-electron chi connectivity index (χ2n) is 24.6. The summed E-state index contributed by atoms with van der Waals surface area (Å²) in [5.41, 5.74) is 0. The van der Waals surface area contributed by atoms with Crippen LogP contribution in [0, 0.1) is 0 Å². The molecule has 0 spiro atoms.